The topological polar surface area (TPSA) is 115 Å². The Hall–Kier alpha value is -2.77. The van der Waals surface area contributed by atoms with Crippen LogP contribution in [0.15, 0.2) is 12.4 Å². The van der Waals surface area contributed by atoms with Crippen LogP contribution in [0.3, 0.4) is 0 Å². The van der Waals surface area contributed by atoms with Crippen molar-refractivity contribution < 1.29 is 4.57 Å². The standard InChI is InChI=1S/C12H22N2.C4BN4/c1-3-4-5-6-7-8-10-14-11-9-13-12(14)2;6-1-5(2-7,3-8)4-9/h9,11H,3-8,10H2,1-2H3;/q;-1/p+1. The molecule has 6 nitrogen and oxygen atoms in total. The molecule has 1 heterocycles. The second-order valence-corrected chi connectivity index (χ2v) is 5.39. The van der Waals surface area contributed by atoms with Crippen molar-refractivity contribution in [3.8, 4) is 23.9 Å². The van der Waals surface area contributed by atoms with Gasteiger partial charge in [-0.1, -0.05) is 32.6 Å². The van der Waals surface area contributed by atoms with Gasteiger partial charge in [0.2, 0.25) is 0 Å². The van der Waals surface area contributed by atoms with E-state index in [1.54, 1.807) is 0 Å². The summed E-state index contributed by atoms with van der Waals surface area (Å²) in [6.07, 6.45) is 9.64. The summed E-state index contributed by atoms with van der Waals surface area (Å²) in [7, 11) is 0. The summed E-state index contributed by atoms with van der Waals surface area (Å²) in [5.74, 6) is 6.64. The molecule has 1 rings (SSSR count). The monoisotopic (exact) mass is 310 g/mol. The highest BCUT2D eigenvalue weighted by molar-refractivity contribution is 7.05. The molecule has 7 heteroatoms. The van der Waals surface area contributed by atoms with Gasteiger partial charge in [-0.15, -0.1) is 23.9 Å². The number of aryl methyl sites for hydroxylation is 2. The lowest BCUT2D eigenvalue weighted by Crippen LogP contribution is -2.34. The number of aromatic amines is 1. The van der Waals surface area contributed by atoms with Crippen molar-refractivity contribution in [2.75, 3.05) is 0 Å². The average Bonchev–Trinajstić information content (AvgIpc) is 2.99. The SMILES string of the molecule is CCCCCCCC[n+]1cc[nH]c1C.N#C[B-](C#N)(C#N)C#N. The molecule has 0 aliphatic carbocycles. The molecule has 0 unspecified atom stereocenters. The highest BCUT2D eigenvalue weighted by atomic mass is 15.0. The Morgan fingerprint density at radius 2 is 1.48 bits per heavy atom. The van der Waals surface area contributed by atoms with Gasteiger partial charge in [-0.05, 0) is 12.8 Å². The quantitative estimate of drug-likeness (QED) is 0.473. The van der Waals surface area contributed by atoms with Crippen molar-refractivity contribution in [1.82, 2.24) is 4.98 Å². The van der Waals surface area contributed by atoms with Gasteiger partial charge >= 0.3 is 6.15 Å². The molecule has 1 aromatic rings. The highest BCUT2D eigenvalue weighted by Crippen LogP contribution is 2.04. The van der Waals surface area contributed by atoms with Crippen LogP contribution in [0, 0.1) is 51.8 Å². The minimum Gasteiger partial charge on any atom is -0.248 e. The van der Waals surface area contributed by atoms with Gasteiger partial charge in [0.1, 0.15) is 12.4 Å². The Kier molecular flexibility index (Phi) is 10.4. The van der Waals surface area contributed by atoms with Crippen molar-refractivity contribution >= 4 is 6.15 Å². The third kappa shape index (κ3) is 7.70. The molecule has 0 radical (unpaired) electrons. The lowest BCUT2D eigenvalue weighted by molar-refractivity contribution is -0.702. The number of hydrogen-bond donors (Lipinski definition) is 1. The first-order valence-electron chi connectivity index (χ1n) is 7.93. The van der Waals surface area contributed by atoms with Gasteiger partial charge in [-0.25, -0.2) is 30.6 Å². The summed E-state index contributed by atoms with van der Waals surface area (Å²) >= 11 is 0. The minimum atomic E-state index is -2.72. The molecule has 0 amide bonds. The fourth-order valence-electron chi connectivity index (χ4n) is 1.92. The molecule has 0 fully saturated rings. The molecule has 1 aromatic heterocycles. The maximum Gasteiger partial charge on any atom is 0.383 e. The van der Waals surface area contributed by atoms with E-state index in [2.05, 4.69) is 29.6 Å². The number of aromatic nitrogens is 2. The van der Waals surface area contributed by atoms with Crippen LogP contribution in [-0.4, -0.2) is 11.1 Å². The van der Waals surface area contributed by atoms with Gasteiger partial charge in [0, 0.05) is 6.92 Å². The van der Waals surface area contributed by atoms with Crippen molar-refractivity contribution in [1.29, 1.82) is 21.0 Å². The minimum absolute atomic E-state index is 1.17. The lowest BCUT2D eigenvalue weighted by Gasteiger charge is -1.99. The number of unbranched alkanes of at least 4 members (excludes halogenated alkanes) is 5. The Morgan fingerprint density at radius 1 is 0.957 bits per heavy atom. The van der Waals surface area contributed by atoms with E-state index in [1.165, 1.54) is 74.8 Å². The van der Waals surface area contributed by atoms with Crippen LogP contribution in [0.4, 0.5) is 0 Å². The number of hydrogen-bond acceptors (Lipinski definition) is 4. The smallest absolute Gasteiger partial charge is 0.248 e. The molecule has 0 bridgehead atoms. The van der Waals surface area contributed by atoms with Crippen LogP contribution < -0.4 is 4.57 Å². The number of imidazole rings is 1. The van der Waals surface area contributed by atoms with Crippen LogP contribution in [0.25, 0.3) is 0 Å². The molecule has 0 saturated carbocycles. The summed E-state index contributed by atoms with van der Waals surface area (Å²) < 4.78 is 2.29. The summed E-state index contributed by atoms with van der Waals surface area (Å²) in [6, 6.07) is 0. The third-order valence-corrected chi connectivity index (χ3v) is 3.50. The maximum atomic E-state index is 8.09. The van der Waals surface area contributed by atoms with Gasteiger partial charge in [0.05, 0.1) is 6.54 Å². The normalized spacial score (nSPS) is 9.48. The van der Waals surface area contributed by atoms with E-state index in [9.17, 15) is 0 Å². The highest BCUT2D eigenvalue weighted by Gasteiger charge is 2.22. The van der Waals surface area contributed by atoms with E-state index in [0.717, 1.165) is 0 Å². The van der Waals surface area contributed by atoms with Gasteiger partial charge in [0.15, 0.2) is 0 Å². The number of rotatable bonds is 7. The van der Waals surface area contributed by atoms with Crippen molar-refractivity contribution in [2.24, 2.45) is 0 Å². The van der Waals surface area contributed by atoms with E-state index in [1.807, 2.05) is 6.20 Å². The fourth-order valence-corrected chi connectivity index (χ4v) is 1.92. The molecule has 0 aromatic carbocycles. The Morgan fingerprint density at radius 3 is 1.87 bits per heavy atom. The van der Waals surface area contributed by atoms with Gasteiger partial charge in [-0.2, -0.15) is 0 Å². The van der Waals surface area contributed by atoms with Crippen molar-refractivity contribution in [2.45, 2.75) is 58.9 Å². The maximum absolute atomic E-state index is 8.09. The lowest BCUT2D eigenvalue weighted by atomic mass is 9.30. The van der Waals surface area contributed by atoms with Crippen LogP contribution in [0.1, 0.15) is 51.3 Å². The van der Waals surface area contributed by atoms with E-state index >= 15 is 0 Å². The molecule has 0 aliphatic rings. The largest absolute Gasteiger partial charge is 0.383 e. The molecule has 0 spiro atoms. The summed E-state index contributed by atoms with van der Waals surface area (Å²) in [4.78, 5) is 3.19. The van der Waals surface area contributed by atoms with Crippen LogP contribution in [-0.2, 0) is 6.54 Å². The molecule has 0 aliphatic heterocycles. The first kappa shape index (κ1) is 20.2. The molecule has 0 saturated heterocycles. The fraction of sp³-hybridized carbons (Fsp3) is 0.562. The molecular weight excluding hydrogens is 287 g/mol. The van der Waals surface area contributed by atoms with Gasteiger partial charge < -0.3 is 0 Å². The van der Waals surface area contributed by atoms with Crippen LogP contribution >= 0.6 is 0 Å². The number of H-pyrrole nitrogens is 1. The molecular formula is C16H23BN6. The Labute approximate surface area is 138 Å². The summed E-state index contributed by atoms with van der Waals surface area (Å²) in [5.41, 5.74) is 0. The van der Waals surface area contributed by atoms with Crippen molar-refractivity contribution in [3.05, 3.63) is 18.2 Å². The Bertz CT molecular complexity index is 561. The zero-order chi connectivity index (χ0) is 17.6. The number of nitriles is 4. The first-order chi connectivity index (χ1) is 11.1. The third-order valence-electron chi connectivity index (χ3n) is 3.50. The van der Waals surface area contributed by atoms with E-state index in [4.69, 9.17) is 21.0 Å². The average molecular weight is 310 g/mol. The Balaban J connectivity index is 0.000000468. The predicted molar refractivity (Wildman–Crippen MR) is 87.3 cm³/mol. The van der Waals surface area contributed by atoms with Crippen molar-refractivity contribution in [3.63, 3.8) is 0 Å². The predicted octanol–water partition coefficient (Wildman–Crippen LogP) is 2.66. The molecule has 23 heavy (non-hydrogen) atoms. The molecule has 1 N–H and O–H groups in total. The van der Waals surface area contributed by atoms with E-state index < -0.39 is 6.15 Å². The summed E-state index contributed by atoms with van der Waals surface area (Å²) in [5, 5.41) is 32.3. The second kappa shape index (κ2) is 11.8. The van der Waals surface area contributed by atoms with Gasteiger partial charge in [-0.3, -0.25) is 0 Å². The number of nitrogens with one attached hydrogen (secondary N) is 1. The summed E-state index contributed by atoms with van der Waals surface area (Å²) in [6.45, 7) is 5.55. The number of nitrogens with zero attached hydrogens (tertiary/aromatic N) is 5. The molecule has 0 atom stereocenters. The van der Waals surface area contributed by atoms with Gasteiger partial charge in [0.25, 0.3) is 5.82 Å². The van der Waals surface area contributed by atoms with E-state index in [-0.39, 0.29) is 0 Å². The zero-order valence-corrected chi connectivity index (χ0v) is 13.9. The second-order valence-electron chi connectivity index (χ2n) is 5.39. The van der Waals surface area contributed by atoms with Crippen LogP contribution in [0.5, 0.6) is 0 Å². The van der Waals surface area contributed by atoms with Crippen LogP contribution in [0.2, 0.25) is 0 Å². The molecule has 120 valence electrons. The first-order valence-corrected chi connectivity index (χ1v) is 7.93. The van der Waals surface area contributed by atoms with E-state index in [0.29, 0.717) is 0 Å². The zero-order valence-electron chi connectivity index (χ0n) is 13.9.